The molecule has 3 heterocycles. The van der Waals surface area contributed by atoms with Gasteiger partial charge in [-0.25, -0.2) is 0 Å². The molecule has 6 rings (SSSR count). The zero-order valence-corrected chi connectivity index (χ0v) is 21.5. The number of hydrogen-bond donors (Lipinski definition) is 1. The van der Waals surface area contributed by atoms with Crippen molar-refractivity contribution in [3.63, 3.8) is 0 Å². The maximum atomic E-state index is 13.2. The Morgan fingerprint density at radius 1 is 1.08 bits per heavy atom. The van der Waals surface area contributed by atoms with Gasteiger partial charge in [-0.15, -0.1) is 0 Å². The van der Waals surface area contributed by atoms with Crippen molar-refractivity contribution < 1.29 is 19.1 Å². The molecule has 0 spiro atoms. The van der Waals surface area contributed by atoms with Crippen LogP contribution < -0.4 is 19.7 Å². The van der Waals surface area contributed by atoms with Crippen LogP contribution in [0.15, 0.2) is 77.8 Å². The fraction of sp³-hybridized carbons (Fsp3) is 0.0741. The molecule has 2 aliphatic rings. The maximum absolute atomic E-state index is 13.2. The first-order valence-corrected chi connectivity index (χ1v) is 12.9. The Bertz CT molecular complexity index is 1610. The second-order valence-corrected chi connectivity index (χ2v) is 10.5. The number of hydrogen-bond acceptors (Lipinski definition) is 6. The predicted octanol–water partition coefficient (Wildman–Crippen LogP) is 6.07. The van der Waals surface area contributed by atoms with Crippen LogP contribution in [0.5, 0.6) is 11.5 Å². The van der Waals surface area contributed by atoms with Gasteiger partial charge in [0.2, 0.25) is 12.7 Å². The Kier molecular flexibility index (Phi) is 6.11. The van der Waals surface area contributed by atoms with Crippen molar-refractivity contribution in [1.29, 1.82) is 0 Å². The Hall–Kier alpha value is -3.79. The SMILES string of the molecule is O=C(Cn1cc(/C=C2/SC(=S)N(c3ccc(Cl)cc3)C2=O)c2ccccc21)Nc1ccc2c(c1)OCO2. The summed E-state index contributed by atoms with van der Waals surface area (Å²) in [6, 6.07) is 20.0. The smallest absolute Gasteiger partial charge is 0.270 e. The van der Waals surface area contributed by atoms with E-state index in [-0.39, 0.29) is 25.2 Å². The maximum Gasteiger partial charge on any atom is 0.270 e. The molecule has 4 aromatic rings. The summed E-state index contributed by atoms with van der Waals surface area (Å²) in [5.74, 6) is 0.859. The molecular weight excluding hydrogens is 530 g/mol. The van der Waals surface area contributed by atoms with Crippen molar-refractivity contribution in [2.24, 2.45) is 0 Å². The van der Waals surface area contributed by atoms with Crippen LogP contribution in [0.2, 0.25) is 5.02 Å². The molecule has 37 heavy (non-hydrogen) atoms. The fourth-order valence-electron chi connectivity index (χ4n) is 4.27. The van der Waals surface area contributed by atoms with Crippen molar-refractivity contribution in [2.75, 3.05) is 17.0 Å². The summed E-state index contributed by atoms with van der Waals surface area (Å²) < 4.78 is 13.0. The van der Waals surface area contributed by atoms with Crippen LogP contribution in [0.25, 0.3) is 17.0 Å². The highest BCUT2D eigenvalue weighted by Gasteiger charge is 2.33. The molecule has 0 atom stereocenters. The number of amides is 2. The molecule has 3 aromatic carbocycles. The number of carbonyl (C=O) groups excluding carboxylic acids is 2. The van der Waals surface area contributed by atoms with Gasteiger partial charge in [-0.3, -0.25) is 14.5 Å². The summed E-state index contributed by atoms with van der Waals surface area (Å²) in [5, 5.41) is 4.42. The second kappa shape index (κ2) is 9.59. The number of rotatable bonds is 5. The lowest BCUT2D eigenvalue weighted by molar-refractivity contribution is -0.116. The number of anilines is 2. The Balaban J connectivity index is 1.26. The summed E-state index contributed by atoms with van der Waals surface area (Å²) >= 11 is 12.7. The van der Waals surface area contributed by atoms with E-state index in [1.807, 2.05) is 41.1 Å². The molecule has 184 valence electrons. The number of fused-ring (bicyclic) bond motifs is 2. The van der Waals surface area contributed by atoms with Gasteiger partial charge in [0.25, 0.3) is 5.91 Å². The molecule has 0 bridgehead atoms. The molecule has 1 N–H and O–H groups in total. The molecule has 1 fully saturated rings. The molecule has 0 saturated carbocycles. The summed E-state index contributed by atoms with van der Waals surface area (Å²) in [4.78, 5) is 28.1. The highest BCUT2D eigenvalue weighted by molar-refractivity contribution is 8.27. The highest BCUT2D eigenvalue weighted by atomic mass is 35.5. The normalized spacial score (nSPS) is 15.7. The molecule has 2 aliphatic heterocycles. The van der Waals surface area contributed by atoms with Crippen LogP contribution in [-0.2, 0) is 16.1 Å². The number of halogens is 1. The van der Waals surface area contributed by atoms with E-state index >= 15 is 0 Å². The number of benzene rings is 3. The third-order valence-corrected chi connectivity index (χ3v) is 7.51. The molecule has 1 aromatic heterocycles. The minimum atomic E-state index is -0.199. The number of ether oxygens (including phenoxy) is 2. The van der Waals surface area contributed by atoms with Crippen LogP contribution in [0.4, 0.5) is 11.4 Å². The molecule has 2 amide bonds. The molecule has 10 heteroatoms. The van der Waals surface area contributed by atoms with E-state index in [0.717, 1.165) is 16.5 Å². The molecule has 7 nitrogen and oxygen atoms in total. The first kappa shape index (κ1) is 23.6. The number of thiocarbonyl (C=S) groups is 1. The van der Waals surface area contributed by atoms with E-state index in [1.165, 1.54) is 16.7 Å². The zero-order chi connectivity index (χ0) is 25.5. The van der Waals surface area contributed by atoms with E-state index in [9.17, 15) is 9.59 Å². The van der Waals surface area contributed by atoms with Crippen molar-refractivity contribution in [1.82, 2.24) is 4.57 Å². The summed E-state index contributed by atoms with van der Waals surface area (Å²) in [7, 11) is 0. The first-order chi connectivity index (χ1) is 18.0. The minimum absolute atomic E-state index is 0.0918. The zero-order valence-electron chi connectivity index (χ0n) is 19.1. The van der Waals surface area contributed by atoms with Crippen molar-refractivity contribution >= 4 is 80.1 Å². The van der Waals surface area contributed by atoms with Gasteiger partial charge in [0.15, 0.2) is 15.8 Å². The largest absolute Gasteiger partial charge is 0.454 e. The average molecular weight is 548 g/mol. The van der Waals surface area contributed by atoms with Crippen LogP contribution in [0, 0.1) is 0 Å². The number of aromatic nitrogens is 1. The molecular formula is C27H18ClN3O4S2. The summed E-state index contributed by atoms with van der Waals surface area (Å²) in [6.45, 7) is 0.262. The molecule has 1 saturated heterocycles. The van der Waals surface area contributed by atoms with Crippen molar-refractivity contribution in [3.05, 3.63) is 88.4 Å². The fourth-order valence-corrected chi connectivity index (χ4v) is 5.69. The van der Waals surface area contributed by atoms with Gasteiger partial charge < -0.3 is 19.4 Å². The van der Waals surface area contributed by atoms with E-state index in [0.29, 0.717) is 37.1 Å². The van der Waals surface area contributed by atoms with Crippen molar-refractivity contribution in [2.45, 2.75) is 6.54 Å². The van der Waals surface area contributed by atoms with E-state index in [2.05, 4.69) is 5.32 Å². The third-order valence-electron chi connectivity index (χ3n) is 5.95. The standard InChI is InChI=1S/C27H18ClN3O4S2/c28-17-5-8-19(9-6-17)31-26(33)24(37-27(31)36)11-16-13-30(21-4-2-1-3-20(16)21)14-25(32)29-18-7-10-22-23(12-18)35-15-34-22/h1-13H,14-15H2,(H,29,32)/b24-11+. The minimum Gasteiger partial charge on any atom is -0.454 e. The summed E-state index contributed by atoms with van der Waals surface area (Å²) in [6.07, 6.45) is 3.70. The average Bonchev–Trinajstić information content (AvgIpc) is 3.56. The van der Waals surface area contributed by atoms with Gasteiger partial charge in [0, 0.05) is 39.4 Å². The highest BCUT2D eigenvalue weighted by Crippen LogP contribution is 2.38. The molecule has 0 aliphatic carbocycles. The summed E-state index contributed by atoms with van der Waals surface area (Å²) in [5.41, 5.74) is 2.99. The topological polar surface area (TPSA) is 72.8 Å². The van der Waals surface area contributed by atoms with E-state index < -0.39 is 0 Å². The van der Waals surface area contributed by atoms with Gasteiger partial charge in [-0.05, 0) is 48.5 Å². The van der Waals surface area contributed by atoms with Crippen LogP contribution in [-0.4, -0.2) is 27.5 Å². The lowest BCUT2D eigenvalue weighted by Crippen LogP contribution is -2.27. The molecule has 0 unspecified atom stereocenters. The number of nitrogens with one attached hydrogen (secondary N) is 1. The van der Waals surface area contributed by atoms with Crippen LogP contribution >= 0.6 is 35.6 Å². The van der Waals surface area contributed by atoms with Gasteiger partial charge in [-0.2, -0.15) is 0 Å². The lowest BCUT2D eigenvalue weighted by Gasteiger charge is -2.14. The number of nitrogens with zero attached hydrogens (tertiary/aromatic N) is 2. The Morgan fingerprint density at radius 2 is 1.86 bits per heavy atom. The van der Waals surface area contributed by atoms with Gasteiger partial charge >= 0.3 is 0 Å². The Labute approximate surface area is 226 Å². The quantitative estimate of drug-likeness (QED) is 0.241. The molecule has 0 radical (unpaired) electrons. The van der Waals surface area contributed by atoms with Gasteiger partial charge in [0.1, 0.15) is 6.54 Å². The van der Waals surface area contributed by atoms with E-state index in [1.54, 1.807) is 42.5 Å². The Morgan fingerprint density at radius 3 is 2.70 bits per heavy atom. The number of thioether (sulfide) groups is 1. The van der Waals surface area contributed by atoms with Crippen LogP contribution in [0.3, 0.4) is 0 Å². The van der Waals surface area contributed by atoms with Gasteiger partial charge in [0.05, 0.1) is 10.6 Å². The van der Waals surface area contributed by atoms with Crippen molar-refractivity contribution in [3.8, 4) is 11.5 Å². The first-order valence-electron chi connectivity index (χ1n) is 11.3. The van der Waals surface area contributed by atoms with Crippen LogP contribution in [0.1, 0.15) is 5.56 Å². The lowest BCUT2D eigenvalue weighted by atomic mass is 10.1. The monoisotopic (exact) mass is 547 g/mol. The number of para-hydroxylation sites is 1. The second-order valence-electron chi connectivity index (χ2n) is 8.34. The number of carbonyl (C=O) groups is 2. The van der Waals surface area contributed by atoms with E-state index in [4.69, 9.17) is 33.3 Å². The predicted molar refractivity (Wildman–Crippen MR) is 150 cm³/mol. The third kappa shape index (κ3) is 4.57. The van der Waals surface area contributed by atoms with Gasteiger partial charge in [-0.1, -0.05) is 53.8 Å².